The molecular formula is C8H3Cl2N2NaSe. The molecule has 66 valence electrons. The van der Waals surface area contributed by atoms with Gasteiger partial charge >= 0.3 is 93.2 Å². The Hall–Kier alpha value is 0.659. The van der Waals surface area contributed by atoms with Gasteiger partial charge in [-0.25, -0.2) is 0 Å². The molecular weight excluding hydrogens is 297 g/mol. The zero-order valence-corrected chi connectivity index (χ0v) is 12.5. The molecule has 0 saturated heterocycles. The Morgan fingerprint density at radius 2 is 1.86 bits per heavy atom. The fourth-order valence-electron chi connectivity index (χ4n) is 1.05. The van der Waals surface area contributed by atoms with Crippen molar-refractivity contribution in [1.29, 1.82) is 0 Å². The van der Waals surface area contributed by atoms with E-state index >= 15 is 0 Å². The van der Waals surface area contributed by atoms with E-state index in [1.54, 1.807) is 12.1 Å². The van der Waals surface area contributed by atoms with Gasteiger partial charge in [0.05, 0.1) is 0 Å². The van der Waals surface area contributed by atoms with Crippen LogP contribution in [0.1, 0.15) is 0 Å². The number of aromatic nitrogens is 2. The predicted octanol–water partition coefficient (Wildman–Crippen LogP) is 1.35. The first-order chi connectivity index (χ1) is 6.16. The number of halogens is 2. The van der Waals surface area contributed by atoms with E-state index in [-0.39, 0.29) is 34.8 Å². The van der Waals surface area contributed by atoms with E-state index in [1.807, 2.05) is 6.07 Å². The SMILES string of the molecule is Clc1ccc2nc(Cl)nc([Se])c2c1.[Na]. The molecule has 6 heteroatoms. The second-order valence-corrected chi connectivity index (χ2v) is 4.05. The quantitative estimate of drug-likeness (QED) is 0.542. The third-order valence-corrected chi connectivity index (χ3v) is 2.65. The van der Waals surface area contributed by atoms with E-state index < -0.39 is 0 Å². The Morgan fingerprint density at radius 3 is 2.57 bits per heavy atom. The zero-order valence-electron chi connectivity index (χ0n) is 7.29. The summed E-state index contributed by atoms with van der Waals surface area (Å²) in [5.74, 6) is 0. The van der Waals surface area contributed by atoms with Crippen molar-refractivity contribution in [3.63, 3.8) is 0 Å². The van der Waals surface area contributed by atoms with Crippen LogP contribution in [0.5, 0.6) is 0 Å². The van der Waals surface area contributed by atoms with E-state index in [0.717, 1.165) is 15.5 Å². The molecule has 2 nitrogen and oxygen atoms in total. The number of hydrogen-bond acceptors (Lipinski definition) is 2. The molecule has 0 N–H and O–H groups in total. The maximum Gasteiger partial charge on any atom is 0 e. The summed E-state index contributed by atoms with van der Waals surface area (Å²) in [5.41, 5.74) is 0.790. The maximum absolute atomic E-state index is 5.83. The van der Waals surface area contributed by atoms with Crippen molar-refractivity contribution in [2.45, 2.75) is 0 Å². The molecule has 0 fully saturated rings. The van der Waals surface area contributed by atoms with Crippen LogP contribution in [-0.2, 0) is 0 Å². The molecule has 1 aromatic heterocycles. The van der Waals surface area contributed by atoms with E-state index in [1.165, 1.54) is 0 Å². The van der Waals surface area contributed by atoms with Crippen molar-refractivity contribution in [2.75, 3.05) is 0 Å². The summed E-state index contributed by atoms with van der Waals surface area (Å²) < 4.78 is 0.720. The predicted molar refractivity (Wildman–Crippen MR) is 60.7 cm³/mol. The smallest absolute Gasteiger partial charge is 0 e. The number of nitrogens with zero attached hydrogens (tertiary/aromatic N) is 2. The van der Waals surface area contributed by atoms with Crippen LogP contribution in [0.2, 0.25) is 10.3 Å². The minimum atomic E-state index is 0. The van der Waals surface area contributed by atoms with Gasteiger partial charge < -0.3 is 0 Å². The fraction of sp³-hybridized carbons (Fsp3) is 0. The summed E-state index contributed by atoms with van der Waals surface area (Å²) in [6, 6.07) is 5.39. The summed E-state index contributed by atoms with van der Waals surface area (Å²) in [7, 11) is 0. The van der Waals surface area contributed by atoms with Gasteiger partial charge in [-0.1, -0.05) is 0 Å². The van der Waals surface area contributed by atoms with Crippen LogP contribution in [0.15, 0.2) is 18.2 Å². The van der Waals surface area contributed by atoms with Crippen LogP contribution in [0.3, 0.4) is 0 Å². The molecule has 14 heavy (non-hydrogen) atoms. The van der Waals surface area contributed by atoms with Crippen molar-refractivity contribution in [1.82, 2.24) is 9.97 Å². The first kappa shape index (κ1) is 12.7. The van der Waals surface area contributed by atoms with Gasteiger partial charge in [0.2, 0.25) is 0 Å². The number of hydrogen-bond donors (Lipinski definition) is 0. The Labute approximate surface area is 122 Å². The third kappa shape index (κ3) is 2.61. The van der Waals surface area contributed by atoms with Crippen LogP contribution >= 0.6 is 23.2 Å². The maximum atomic E-state index is 5.83. The third-order valence-electron chi connectivity index (χ3n) is 1.60. The molecule has 0 aliphatic rings. The van der Waals surface area contributed by atoms with Crippen molar-refractivity contribution in [3.8, 4) is 0 Å². The monoisotopic (exact) mass is 300 g/mol. The normalized spacial score (nSPS) is 9.86. The molecule has 0 spiro atoms. The molecule has 1 aromatic carbocycles. The van der Waals surface area contributed by atoms with Crippen molar-refractivity contribution < 1.29 is 0 Å². The zero-order chi connectivity index (χ0) is 9.42. The van der Waals surface area contributed by atoms with Crippen LogP contribution in [0.4, 0.5) is 0 Å². The summed E-state index contributed by atoms with van der Waals surface area (Å²) in [6.07, 6.45) is 0. The average molecular weight is 300 g/mol. The number of benzene rings is 1. The first-order valence-corrected chi connectivity index (χ1v) is 5.08. The second kappa shape index (κ2) is 5.13. The van der Waals surface area contributed by atoms with Crippen molar-refractivity contribution in [2.24, 2.45) is 0 Å². The number of fused-ring (bicyclic) bond motifs is 1. The Morgan fingerprint density at radius 1 is 1.14 bits per heavy atom. The van der Waals surface area contributed by atoms with Crippen LogP contribution in [0, 0.1) is 0 Å². The first-order valence-electron chi connectivity index (χ1n) is 3.46. The van der Waals surface area contributed by atoms with E-state index in [0.29, 0.717) is 5.02 Å². The van der Waals surface area contributed by atoms with Gasteiger partial charge in [-0.3, -0.25) is 0 Å². The molecule has 2 aromatic rings. The Kier molecular flexibility index (Phi) is 4.66. The van der Waals surface area contributed by atoms with E-state index in [4.69, 9.17) is 23.2 Å². The van der Waals surface area contributed by atoms with E-state index in [9.17, 15) is 0 Å². The molecule has 0 aliphatic heterocycles. The Balaban J connectivity index is 0.000000980. The minimum absolute atomic E-state index is 0. The van der Waals surface area contributed by atoms with Gasteiger partial charge in [0.25, 0.3) is 0 Å². The summed E-state index contributed by atoms with van der Waals surface area (Å²) in [4.78, 5) is 8.04. The van der Waals surface area contributed by atoms with Gasteiger partial charge in [-0.05, 0) is 0 Å². The van der Waals surface area contributed by atoms with Crippen molar-refractivity contribution in [3.05, 3.63) is 28.5 Å². The van der Waals surface area contributed by atoms with Gasteiger partial charge in [0.15, 0.2) is 0 Å². The molecule has 0 unspecified atom stereocenters. The minimum Gasteiger partial charge on any atom is 0 e. The van der Waals surface area contributed by atoms with Crippen LogP contribution < -0.4 is 4.59 Å². The molecule has 0 atom stereocenters. The Bertz CT molecular complexity index is 478. The van der Waals surface area contributed by atoms with Gasteiger partial charge in [-0.15, -0.1) is 0 Å². The molecule has 1 heterocycles. The van der Waals surface area contributed by atoms with Crippen molar-refractivity contribution >= 4 is 84.3 Å². The second-order valence-electron chi connectivity index (χ2n) is 2.46. The summed E-state index contributed by atoms with van der Waals surface area (Å²) in [5, 5.41) is 1.79. The standard InChI is InChI=1S/C8H3Cl2N2Se.Na/c9-4-1-2-6-5(3-4)7(13)12-8(10)11-6;/h1-3H;. The van der Waals surface area contributed by atoms with E-state index in [2.05, 4.69) is 26.0 Å². The number of rotatable bonds is 0. The van der Waals surface area contributed by atoms with Crippen LogP contribution in [-0.4, -0.2) is 55.5 Å². The topological polar surface area (TPSA) is 25.8 Å². The largest absolute Gasteiger partial charge is 0 e. The molecule has 2 rings (SSSR count). The average Bonchev–Trinajstić information content (AvgIpc) is 2.06. The fourth-order valence-corrected chi connectivity index (χ4v) is 2.03. The summed E-state index contributed by atoms with van der Waals surface area (Å²) in [6.45, 7) is 0. The van der Waals surface area contributed by atoms with Gasteiger partial charge in [0.1, 0.15) is 0 Å². The van der Waals surface area contributed by atoms with Gasteiger partial charge in [-0.2, -0.15) is 0 Å². The molecule has 2 radical (unpaired) electrons. The van der Waals surface area contributed by atoms with Gasteiger partial charge in [0, 0.05) is 29.6 Å². The molecule has 0 aliphatic carbocycles. The molecule has 0 bridgehead atoms. The summed E-state index contributed by atoms with van der Waals surface area (Å²) >= 11 is 14.3. The molecule has 0 amide bonds. The molecule has 0 saturated carbocycles. The van der Waals surface area contributed by atoms with Crippen LogP contribution in [0.25, 0.3) is 10.9 Å².